The average molecular weight is 274 g/mol. The Balaban J connectivity index is 1.99. The van der Waals surface area contributed by atoms with E-state index >= 15 is 0 Å². The molecular formula is C13H10N2O3S. The summed E-state index contributed by atoms with van der Waals surface area (Å²) in [6.45, 7) is 0.579. The number of anilines is 1. The first kappa shape index (κ1) is 11.9. The predicted molar refractivity (Wildman–Crippen MR) is 70.9 cm³/mol. The lowest BCUT2D eigenvalue weighted by molar-refractivity contribution is 0.0696. The van der Waals surface area contributed by atoms with Crippen molar-refractivity contribution in [2.75, 3.05) is 11.4 Å². The van der Waals surface area contributed by atoms with Crippen molar-refractivity contribution < 1.29 is 14.7 Å². The van der Waals surface area contributed by atoms with Crippen molar-refractivity contribution in [2.24, 2.45) is 0 Å². The van der Waals surface area contributed by atoms with Crippen molar-refractivity contribution in [2.45, 2.75) is 6.42 Å². The van der Waals surface area contributed by atoms with Crippen molar-refractivity contribution >= 4 is 28.9 Å². The van der Waals surface area contributed by atoms with Crippen molar-refractivity contribution in [3.05, 3.63) is 45.9 Å². The number of aromatic carboxylic acids is 1. The molecule has 96 valence electrons. The molecule has 0 bridgehead atoms. The Bertz CT molecular complexity index is 652. The highest BCUT2D eigenvalue weighted by Crippen LogP contribution is 2.30. The molecule has 5 nitrogen and oxygen atoms in total. The van der Waals surface area contributed by atoms with Gasteiger partial charge < -0.3 is 10.0 Å². The average Bonchev–Trinajstić information content (AvgIpc) is 3.06. The molecule has 1 aliphatic heterocycles. The fourth-order valence-corrected chi connectivity index (χ4v) is 2.75. The van der Waals surface area contributed by atoms with Gasteiger partial charge in [0.05, 0.1) is 17.3 Å². The molecule has 19 heavy (non-hydrogen) atoms. The SMILES string of the molecule is O=C(O)c1ccc2c(c1)N(C(=O)c1cncs1)CC2. The number of thiazole rings is 1. The van der Waals surface area contributed by atoms with Crippen molar-refractivity contribution in [1.82, 2.24) is 4.98 Å². The van der Waals surface area contributed by atoms with Gasteiger partial charge in [0.15, 0.2) is 0 Å². The van der Waals surface area contributed by atoms with Crippen LogP contribution in [0, 0.1) is 0 Å². The lowest BCUT2D eigenvalue weighted by Gasteiger charge is -2.16. The Labute approximate surface area is 113 Å². The Morgan fingerprint density at radius 2 is 2.21 bits per heavy atom. The van der Waals surface area contributed by atoms with E-state index in [2.05, 4.69) is 4.98 Å². The first-order chi connectivity index (χ1) is 9.16. The number of hydrogen-bond donors (Lipinski definition) is 1. The molecule has 0 unspecified atom stereocenters. The van der Waals surface area contributed by atoms with Crippen molar-refractivity contribution in [3.63, 3.8) is 0 Å². The standard InChI is InChI=1S/C13H10N2O3S/c16-12(11-6-14-7-19-11)15-4-3-8-1-2-9(13(17)18)5-10(8)15/h1-2,5-7H,3-4H2,(H,17,18). The van der Waals surface area contributed by atoms with Crippen LogP contribution in [0.3, 0.4) is 0 Å². The van der Waals surface area contributed by atoms with Gasteiger partial charge in [-0.25, -0.2) is 4.79 Å². The molecule has 3 rings (SSSR count). The van der Waals surface area contributed by atoms with E-state index < -0.39 is 5.97 Å². The number of amides is 1. The summed E-state index contributed by atoms with van der Waals surface area (Å²) in [6.07, 6.45) is 2.28. The molecule has 2 aromatic rings. The summed E-state index contributed by atoms with van der Waals surface area (Å²) in [5.74, 6) is -1.11. The highest BCUT2D eigenvalue weighted by molar-refractivity contribution is 7.11. The van der Waals surface area contributed by atoms with Crippen LogP contribution in [-0.2, 0) is 6.42 Å². The molecule has 0 fully saturated rings. The summed E-state index contributed by atoms with van der Waals surface area (Å²) in [6, 6.07) is 4.91. The van der Waals surface area contributed by atoms with Gasteiger partial charge in [-0.05, 0) is 24.1 Å². The molecule has 0 aliphatic carbocycles. The Hall–Kier alpha value is -2.21. The third-order valence-electron chi connectivity index (χ3n) is 3.12. The number of rotatable bonds is 2. The number of aromatic nitrogens is 1. The van der Waals surface area contributed by atoms with Gasteiger partial charge in [-0.2, -0.15) is 0 Å². The zero-order chi connectivity index (χ0) is 13.4. The van der Waals surface area contributed by atoms with Crippen LogP contribution in [0.4, 0.5) is 5.69 Å². The molecule has 0 saturated carbocycles. The van der Waals surface area contributed by atoms with Gasteiger partial charge in [-0.1, -0.05) is 6.07 Å². The molecular weight excluding hydrogens is 264 g/mol. The quantitative estimate of drug-likeness (QED) is 0.909. The molecule has 0 radical (unpaired) electrons. The lowest BCUT2D eigenvalue weighted by Crippen LogP contribution is -2.28. The number of carbonyl (C=O) groups excluding carboxylic acids is 1. The zero-order valence-electron chi connectivity index (χ0n) is 9.87. The van der Waals surface area contributed by atoms with Crippen LogP contribution in [0.1, 0.15) is 25.6 Å². The Kier molecular flexibility index (Phi) is 2.79. The zero-order valence-corrected chi connectivity index (χ0v) is 10.7. The van der Waals surface area contributed by atoms with Gasteiger partial charge >= 0.3 is 5.97 Å². The summed E-state index contributed by atoms with van der Waals surface area (Å²) in [4.78, 5) is 29.4. The largest absolute Gasteiger partial charge is 0.478 e. The number of fused-ring (bicyclic) bond motifs is 1. The van der Waals surface area contributed by atoms with Crippen LogP contribution < -0.4 is 4.90 Å². The lowest BCUT2D eigenvalue weighted by atomic mass is 10.1. The summed E-state index contributed by atoms with van der Waals surface area (Å²) >= 11 is 1.28. The van der Waals surface area contributed by atoms with Crippen molar-refractivity contribution in [1.29, 1.82) is 0 Å². The molecule has 1 amide bonds. The maximum absolute atomic E-state index is 12.3. The normalized spacial score (nSPS) is 13.4. The third-order valence-corrected chi connectivity index (χ3v) is 3.88. The van der Waals surface area contributed by atoms with E-state index in [1.165, 1.54) is 17.5 Å². The second-order valence-corrected chi connectivity index (χ2v) is 5.11. The van der Waals surface area contributed by atoms with Crippen LogP contribution in [0.15, 0.2) is 29.9 Å². The number of carboxylic acids is 1. The van der Waals surface area contributed by atoms with E-state index in [0.29, 0.717) is 17.1 Å². The topological polar surface area (TPSA) is 70.5 Å². The molecule has 1 aromatic carbocycles. The number of carbonyl (C=O) groups is 2. The Morgan fingerprint density at radius 1 is 1.37 bits per heavy atom. The smallest absolute Gasteiger partial charge is 0.335 e. The predicted octanol–water partition coefficient (Wildman–Crippen LogP) is 2.04. The minimum Gasteiger partial charge on any atom is -0.478 e. The fraction of sp³-hybridized carbons (Fsp3) is 0.154. The van der Waals surface area contributed by atoms with Crippen LogP contribution in [-0.4, -0.2) is 28.5 Å². The number of benzene rings is 1. The maximum atomic E-state index is 12.3. The van der Waals surface area contributed by atoms with Crippen LogP contribution in [0.2, 0.25) is 0 Å². The Morgan fingerprint density at radius 3 is 2.89 bits per heavy atom. The van der Waals surface area contributed by atoms with E-state index in [-0.39, 0.29) is 11.5 Å². The van der Waals surface area contributed by atoms with Gasteiger partial charge in [-0.3, -0.25) is 9.78 Å². The molecule has 1 aromatic heterocycles. The summed E-state index contributed by atoms with van der Waals surface area (Å²) in [7, 11) is 0. The minimum atomic E-state index is -0.986. The van der Waals surface area contributed by atoms with E-state index in [4.69, 9.17) is 5.11 Å². The van der Waals surface area contributed by atoms with E-state index in [1.54, 1.807) is 28.6 Å². The maximum Gasteiger partial charge on any atom is 0.335 e. The van der Waals surface area contributed by atoms with Gasteiger partial charge in [0.25, 0.3) is 5.91 Å². The third kappa shape index (κ3) is 2.00. The van der Waals surface area contributed by atoms with Gasteiger partial charge in [0.2, 0.25) is 0 Å². The highest BCUT2D eigenvalue weighted by Gasteiger charge is 2.27. The monoisotopic (exact) mass is 274 g/mol. The molecule has 0 spiro atoms. The molecule has 2 heterocycles. The first-order valence-electron chi connectivity index (χ1n) is 5.73. The van der Waals surface area contributed by atoms with E-state index in [9.17, 15) is 9.59 Å². The highest BCUT2D eigenvalue weighted by atomic mass is 32.1. The van der Waals surface area contributed by atoms with Gasteiger partial charge in [0.1, 0.15) is 4.88 Å². The number of carboxylic acid groups (broad SMARTS) is 1. The second-order valence-electron chi connectivity index (χ2n) is 4.22. The van der Waals surface area contributed by atoms with Gasteiger partial charge in [-0.15, -0.1) is 11.3 Å². The number of nitrogens with zero attached hydrogens (tertiary/aromatic N) is 2. The number of hydrogen-bond acceptors (Lipinski definition) is 4. The fourth-order valence-electron chi connectivity index (χ4n) is 2.18. The van der Waals surface area contributed by atoms with Gasteiger partial charge in [0, 0.05) is 12.2 Å². The molecule has 1 N–H and O–H groups in total. The van der Waals surface area contributed by atoms with Crippen LogP contribution in [0.5, 0.6) is 0 Å². The molecule has 0 atom stereocenters. The van der Waals surface area contributed by atoms with Crippen LogP contribution in [0.25, 0.3) is 0 Å². The molecule has 6 heteroatoms. The van der Waals surface area contributed by atoms with Crippen molar-refractivity contribution in [3.8, 4) is 0 Å². The van der Waals surface area contributed by atoms with E-state index in [1.807, 2.05) is 0 Å². The summed E-state index contributed by atoms with van der Waals surface area (Å²) < 4.78 is 0. The first-order valence-corrected chi connectivity index (χ1v) is 6.61. The van der Waals surface area contributed by atoms with E-state index in [0.717, 1.165) is 12.0 Å². The molecule has 0 saturated heterocycles. The summed E-state index contributed by atoms with van der Waals surface area (Å²) in [5.41, 5.74) is 3.50. The van der Waals surface area contributed by atoms with Crippen LogP contribution >= 0.6 is 11.3 Å². The molecule has 1 aliphatic rings. The second kappa shape index (κ2) is 4.47. The summed E-state index contributed by atoms with van der Waals surface area (Å²) in [5, 5.41) is 9.01. The minimum absolute atomic E-state index is 0.121.